The molecule has 1 aliphatic heterocycles. The van der Waals surface area contributed by atoms with Gasteiger partial charge in [0.15, 0.2) is 0 Å². The molecule has 0 amide bonds. The molecular weight excluding hydrogens is 114 g/mol. The van der Waals surface area contributed by atoms with Crippen LogP contribution in [0.15, 0.2) is 0 Å². The number of rotatable bonds is 0. The summed E-state index contributed by atoms with van der Waals surface area (Å²) in [4.78, 5) is 0. The highest BCUT2D eigenvalue weighted by atomic mass is 16.5. The average molecular weight is 129 g/mol. The predicted octanol–water partition coefficient (Wildman–Crippen LogP) is 0.776. The second-order valence-corrected chi connectivity index (χ2v) is 2.42. The molecule has 0 bridgehead atoms. The lowest BCUT2D eigenvalue weighted by Gasteiger charge is -1.98. The van der Waals surface area contributed by atoms with E-state index in [-0.39, 0.29) is 0 Å². The van der Waals surface area contributed by atoms with E-state index in [4.69, 9.17) is 4.74 Å². The zero-order chi connectivity index (χ0) is 6.36. The van der Waals surface area contributed by atoms with E-state index in [0.717, 1.165) is 19.8 Å². The second-order valence-electron chi connectivity index (χ2n) is 2.42. The molecule has 0 atom stereocenters. The molecule has 0 unspecified atom stereocenters. The van der Waals surface area contributed by atoms with Crippen LogP contribution in [-0.4, -0.2) is 26.3 Å². The van der Waals surface area contributed by atoms with Crippen molar-refractivity contribution in [2.45, 2.75) is 19.3 Å². The second kappa shape index (κ2) is 4.77. The topological polar surface area (TPSA) is 21.3 Å². The third-order valence-electron chi connectivity index (χ3n) is 1.53. The molecule has 1 fully saturated rings. The first-order valence-electron chi connectivity index (χ1n) is 3.78. The van der Waals surface area contributed by atoms with E-state index in [1.54, 1.807) is 0 Å². The summed E-state index contributed by atoms with van der Waals surface area (Å²) in [5.74, 6) is 0. The van der Waals surface area contributed by atoms with Crippen LogP contribution in [0.1, 0.15) is 19.3 Å². The summed E-state index contributed by atoms with van der Waals surface area (Å²) in [7, 11) is 0. The fourth-order valence-electron chi connectivity index (χ4n) is 0.980. The van der Waals surface area contributed by atoms with E-state index < -0.39 is 0 Å². The number of nitrogens with one attached hydrogen (secondary N) is 1. The van der Waals surface area contributed by atoms with Crippen LogP contribution >= 0.6 is 0 Å². The van der Waals surface area contributed by atoms with E-state index in [1.807, 2.05) is 0 Å². The van der Waals surface area contributed by atoms with Crippen molar-refractivity contribution < 1.29 is 4.74 Å². The van der Waals surface area contributed by atoms with Crippen LogP contribution in [-0.2, 0) is 4.74 Å². The van der Waals surface area contributed by atoms with Crippen LogP contribution in [0.4, 0.5) is 0 Å². The first kappa shape index (κ1) is 7.03. The van der Waals surface area contributed by atoms with Crippen LogP contribution in [0, 0.1) is 0 Å². The molecule has 2 heteroatoms. The Morgan fingerprint density at radius 2 is 1.67 bits per heavy atom. The Morgan fingerprint density at radius 1 is 0.889 bits per heavy atom. The summed E-state index contributed by atoms with van der Waals surface area (Å²) in [6.07, 6.45) is 3.65. The van der Waals surface area contributed by atoms with Crippen molar-refractivity contribution in [2.24, 2.45) is 0 Å². The van der Waals surface area contributed by atoms with Gasteiger partial charge in [-0.3, -0.25) is 0 Å². The van der Waals surface area contributed by atoms with Crippen LogP contribution < -0.4 is 5.32 Å². The normalized spacial score (nSPS) is 24.0. The van der Waals surface area contributed by atoms with Gasteiger partial charge in [-0.1, -0.05) is 0 Å². The van der Waals surface area contributed by atoms with Gasteiger partial charge in [-0.15, -0.1) is 0 Å². The maximum absolute atomic E-state index is 5.31. The van der Waals surface area contributed by atoms with E-state index in [0.29, 0.717) is 0 Å². The van der Waals surface area contributed by atoms with Gasteiger partial charge < -0.3 is 10.1 Å². The van der Waals surface area contributed by atoms with Crippen molar-refractivity contribution in [3.8, 4) is 0 Å². The van der Waals surface area contributed by atoms with Crippen LogP contribution in [0.25, 0.3) is 0 Å². The molecule has 1 N–H and O–H groups in total. The number of hydrogen-bond donors (Lipinski definition) is 1. The lowest BCUT2D eigenvalue weighted by Crippen LogP contribution is -2.16. The summed E-state index contributed by atoms with van der Waals surface area (Å²) in [5, 5.41) is 3.35. The van der Waals surface area contributed by atoms with Crippen LogP contribution in [0.3, 0.4) is 0 Å². The Balaban J connectivity index is 2.02. The number of hydrogen-bond acceptors (Lipinski definition) is 2. The molecule has 0 aliphatic carbocycles. The van der Waals surface area contributed by atoms with Crippen molar-refractivity contribution >= 4 is 0 Å². The minimum atomic E-state index is 0.938. The maximum atomic E-state index is 5.31. The average Bonchev–Trinajstić information content (AvgIpc) is 2.00. The maximum Gasteiger partial charge on any atom is 0.0478 e. The fourth-order valence-corrected chi connectivity index (χ4v) is 0.980. The molecule has 2 nitrogen and oxygen atoms in total. The van der Waals surface area contributed by atoms with Gasteiger partial charge in [-0.25, -0.2) is 0 Å². The van der Waals surface area contributed by atoms with Gasteiger partial charge in [0.05, 0.1) is 0 Å². The summed E-state index contributed by atoms with van der Waals surface area (Å²) >= 11 is 0. The monoisotopic (exact) mass is 129 g/mol. The van der Waals surface area contributed by atoms with E-state index in [1.165, 1.54) is 25.8 Å². The van der Waals surface area contributed by atoms with Crippen molar-refractivity contribution in [1.82, 2.24) is 5.32 Å². The van der Waals surface area contributed by atoms with Crippen molar-refractivity contribution in [1.29, 1.82) is 0 Å². The fraction of sp³-hybridized carbons (Fsp3) is 1.00. The highest BCUT2D eigenvalue weighted by Crippen LogP contribution is 1.92. The molecule has 1 saturated heterocycles. The summed E-state index contributed by atoms with van der Waals surface area (Å²) in [5.41, 5.74) is 0. The molecular formula is C7H15NO. The standard InChI is InChI=1S/C7H15NO/c1-2-6-9-7-3-5-8-4-1/h8H,1-7H2. The SMILES string of the molecule is C1CCOCCCNC1. The van der Waals surface area contributed by atoms with E-state index >= 15 is 0 Å². The third-order valence-corrected chi connectivity index (χ3v) is 1.53. The van der Waals surface area contributed by atoms with Gasteiger partial charge in [-0.05, 0) is 32.4 Å². The molecule has 9 heavy (non-hydrogen) atoms. The summed E-state index contributed by atoms with van der Waals surface area (Å²) < 4.78 is 5.31. The Kier molecular flexibility index (Phi) is 3.72. The van der Waals surface area contributed by atoms with Gasteiger partial charge in [0.25, 0.3) is 0 Å². The Hall–Kier alpha value is -0.0800. The van der Waals surface area contributed by atoms with Crippen molar-refractivity contribution in [3.63, 3.8) is 0 Å². The minimum absolute atomic E-state index is 0.938. The Labute approximate surface area is 56.6 Å². The number of ether oxygens (including phenoxy) is 1. The van der Waals surface area contributed by atoms with E-state index in [9.17, 15) is 0 Å². The zero-order valence-electron chi connectivity index (χ0n) is 5.86. The third kappa shape index (κ3) is 3.49. The molecule has 54 valence electrons. The molecule has 1 rings (SSSR count). The van der Waals surface area contributed by atoms with E-state index in [2.05, 4.69) is 5.32 Å². The quantitative estimate of drug-likeness (QED) is 0.522. The summed E-state index contributed by atoms with van der Waals surface area (Å²) in [6, 6.07) is 0. The summed E-state index contributed by atoms with van der Waals surface area (Å²) in [6.45, 7) is 4.19. The molecule has 1 aliphatic rings. The molecule has 0 spiro atoms. The van der Waals surface area contributed by atoms with Gasteiger partial charge in [0, 0.05) is 13.2 Å². The molecule has 0 aromatic heterocycles. The van der Waals surface area contributed by atoms with Gasteiger partial charge >= 0.3 is 0 Å². The lowest BCUT2D eigenvalue weighted by atomic mass is 10.3. The highest BCUT2D eigenvalue weighted by Gasteiger charge is 1.94. The molecule has 0 radical (unpaired) electrons. The smallest absolute Gasteiger partial charge is 0.0478 e. The van der Waals surface area contributed by atoms with Crippen molar-refractivity contribution in [2.75, 3.05) is 26.3 Å². The van der Waals surface area contributed by atoms with Crippen LogP contribution in [0.2, 0.25) is 0 Å². The van der Waals surface area contributed by atoms with Gasteiger partial charge in [0.2, 0.25) is 0 Å². The van der Waals surface area contributed by atoms with Crippen LogP contribution in [0.5, 0.6) is 0 Å². The zero-order valence-corrected chi connectivity index (χ0v) is 5.86. The first-order chi connectivity index (χ1) is 4.50. The minimum Gasteiger partial charge on any atom is -0.381 e. The highest BCUT2D eigenvalue weighted by molar-refractivity contribution is 4.51. The van der Waals surface area contributed by atoms with Gasteiger partial charge in [0.1, 0.15) is 0 Å². The molecule has 0 aromatic carbocycles. The first-order valence-corrected chi connectivity index (χ1v) is 3.78. The molecule has 0 aromatic rings. The molecule has 1 heterocycles. The Bertz CT molecular complexity index is 37.4. The van der Waals surface area contributed by atoms with Gasteiger partial charge in [-0.2, -0.15) is 0 Å². The predicted molar refractivity (Wildman–Crippen MR) is 37.5 cm³/mol. The largest absolute Gasteiger partial charge is 0.381 e. The Morgan fingerprint density at radius 3 is 2.67 bits per heavy atom. The lowest BCUT2D eigenvalue weighted by molar-refractivity contribution is 0.133. The van der Waals surface area contributed by atoms with Crippen molar-refractivity contribution in [3.05, 3.63) is 0 Å². The molecule has 0 saturated carbocycles.